The van der Waals surface area contributed by atoms with Crippen LogP contribution in [0, 0.1) is 0 Å². The Morgan fingerprint density at radius 1 is 1.31 bits per heavy atom. The Kier molecular flexibility index (Phi) is 3.60. The molecule has 2 rings (SSSR count). The van der Waals surface area contributed by atoms with Gasteiger partial charge in [0.05, 0.1) is 5.56 Å². The van der Waals surface area contributed by atoms with Gasteiger partial charge in [-0.1, -0.05) is 31.9 Å². The second-order valence-electron chi connectivity index (χ2n) is 4.36. The lowest BCUT2D eigenvalue weighted by atomic mass is 9.97. The number of fused-ring (bicyclic) bond motifs is 1. The number of benzene rings is 1. The zero-order valence-electron chi connectivity index (χ0n) is 9.74. The van der Waals surface area contributed by atoms with Gasteiger partial charge >= 0.3 is 0 Å². The number of Topliss-reactive ketones (excluding diaryl/α,β-unsaturated/α-hetero) is 1. The van der Waals surface area contributed by atoms with Crippen molar-refractivity contribution in [2.45, 2.75) is 45.1 Å². The second-order valence-corrected chi connectivity index (χ2v) is 4.36. The summed E-state index contributed by atoms with van der Waals surface area (Å²) in [7, 11) is 0. The molecule has 0 spiro atoms. The first-order valence-corrected chi connectivity index (χ1v) is 6.10. The summed E-state index contributed by atoms with van der Waals surface area (Å²) in [5, 5.41) is 0. The summed E-state index contributed by atoms with van der Waals surface area (Å²) in [5.41, 5.74) is 0.745. The van der Waals surface area contributed by atoms with Crippen LogP contribution in [0.5, 0.6) is 5.75 Å². The summed E-state index contributed by atoms with van der Waals surface area (Å²) in [6, 6.07) is 7.54. The van der Waals surface area contributed by atoms with Crippen molar-refractivity contribution < 1.29 is 9.53 Å². The summed E-state index contributed by atoms with van der Waals surface area (Å²) < 4.78 is 5.83. The molecule has 1 aromatic rings. The Morgan fingerprint density at radius 2 is 2.12 bits per heavy atom. The van der Waals surface area contributed by atoms with Gasteiger partial charge in [0.25, 0.3) is 0 Å². The molecule has 0 radical (unpaired) electrons. The lowest BCUT2D eigenvalue weighted by Gasteiger charge is -2.25. The van der Waals surface area contributed by atoms with Gasteiger partial charge in [-0.3, -0.25) is 4.79 Å². The van der Waals surface area contributed by atoms with E-state index in [1.54, 1.807) is 0 Å². The highest BCUT2D eigenvalue weighted by molar-refractivity contribution is 5.99. The molecule has 0 aromatic heterocycles. The van der Waals surface area contributed by atoms with E-state index in [2.05, 4.69) is 6.92 Å². The predicted molar refractivity (Wildman–Crippen MR) is 63.9 cm³/mol. The highest BCUT2D eigenvalue weighted by Crippen LogP contribution is 2.28. The molecule has 0 saturated carbocycles. The third-order valence-electron chi connectivity index (χ3n) is 3.02. The van der Waals surface area contributed by atoms with Crippen LogP contribution >= 0.6 is 0 Å². The number of rotatable bonds is 4. The molecule has 1 aromatic carbocycles. The zero-order chi connectivity index (χ0) is 11.4. The summed E-state index contributed by atoms with van der Waals surface area (Å²) >= 11 is 0. The maximum atomic E-state index is 11.8. The standard InChI is InChI=1S/C14H18O2/c1-2-3-4-7-11-10-13(15)12-8-5-6-9-14(12)16-11/h5-6,8-9,11H,2-4,7,10H2,1H3. The minimum atomic E-state index is 0.0916. The molecule has 1 unspecified atom stereocenters. The van der Waals surface area contributed by atoms with Gasteiger partial charge in [0.15, 0.2) is 5.78 Å². The normalized spacial score (nSPS) is 19.1. The Bertz CT molecular complexity index is 371. The van der Waals surface area contributed by atoms with Gasteiger partial charge in [-0.25, -0.2) is 0 Å². The number of hydrogen-bond acceptors (Lipinski definition) is 2. The molecule has 1 aliphatic heterocycles. The topological polar surface area (TPSA) is 26.3 Å². The van der Waals surface area contributed by atoms with Gasteiger partial charge in [0.1, 0.15) is 11.9 Å². The van der Waals surface area contributed by atoms with Crippen molar-refractivity contribution in [3.05, 3.63) is 29.8 Å². The average Bonchev–Trinajstić information content (AvgIpc) is 2.30. The molecular weight excluding hydrogens is 200 g/mol. The van der Waals surface area contributed by atoms with E-state index in [9.17, 15) is 4.79 Å². The van der Waals surface area contributed by atoms with Crippen LogP contribution in [0.1, 0.15) is 49.4 Å². The van der Waals surface area contributed by atoms with E-state index < -0.39 is 0 Å². The molecule has 2 heteroatoms. The van der Waals surface area contributed by atoms with Gasteiger partial charge in [-0.15, -0.1) is 0 Å². The Hall–Kier alpha value is -1.31. The molecule has 1 heterocycles. The molecule has 0 N–H and O–H groups in total. The quantitative estimate of drug-likeness (QED) is 0.722. The van der Waals surface area contributed by atoms with Crippen LogP contribution in [0.3, 0.4) is 0 Å². The average molecular weight is 218 g/mol. The monoisotopic (exact) mass is 218 g/mol. The number of carbonyl (C=O) groups is 1. The van der Waals surface area contributed by atoms with Crippen molar-refractivity contribution in [2.75, 3.05) is 0 Å². The largest absolute Gasteiger partial charge is 0.489 e. The van der Waals surface area contributed by atoms with Crippen LogP contribution in [0.15, 0.2) is 24.3 Å². The zero-order valence-corrected chi connectivity index (χ0v) is 9.74. The first kappa shape index (κ1) is 11.2. The van der Waals surface area contributed by atoms with E-state index in [1.807, 2.05) is 24.3 Å². The maximum Gasteiger partial charge on any atom is 0.170 e. The number of ether oxygens (including phenoxy) is 1. The lowest BCUT2D eigenvalue weighted by molar-refractivity contribution is 0.0835. The van der Waals surface area contributed by atoms with Crippen LogP contribution in [0.25, 0.3) is 0 Å². The van der Waals surface area contributed by atoms with Gasteiger partial charge in [0.2, 0.25) is 0 Å². The minimum Gasteiger partial charge on any atom is -0.489 e. The van der Waals surface area contributed by atoms with E-state index in [1.165, 1.54) is 12.8 Å². The van der Waals surface area contributed by atoms with E-state index in [0.29, 0.717) is 6.42 Å². The van der Waals surface area contributed by atoms with Crippen LogP contribution in [0.2, 0.25) is 0 Å². The van der Waals surface area contributed by atoms with Gasteiger partial charge < -0.3 is 4.74 Å². The highest BCUT2D eigenvalue weighted by Gasteiger charge is 2.25. The SMILES string of the molecule is CCCCCC1CC(=O)c2ccccc2O1. The highest BCUT2D eigenvalue weighted by atomic mass is 16.5. The first-order chi connectivity index (χ1) is 7.81. The molecule has 1 aliphatic rings. The summed E-state index contributed by atoms with van der Waals surface area (Å²) in [6.07, 6.45) is 5.20. The van der Waals surface area contributed by atoms with E-state index in [-0.39, 0.29) is 11.9 Å². The van der Waals surface area contributed by atoms with E-state index >= 15 is 0 Å². The van der Waals surface area contributed by atoms with Gasteiger partial charge in [0, 0.05) is 6.42 Å². The molecule has 0 bridgehead atoms. The number of ketones is 1. The molecule has 16 heavy (non-hydrogen) atoms. The Balaban J connectivity index is 2.01. The van der Waals surface area contributed by atoms with Crippen LogP contribution in [-0.2, 0) is 0 Å². The lowest BCUT2D eigenvalue weighted by Crippen LogP contribution is -2.26. The number of para-hydroxylation sites is 1. The Labute approximate surface area is 96.6 Å². The maximum absolute atomic E-state index is 11.8. The van der Waals surface area contributed by atoms with Crippen LogP contribution in [0.4, 0.5) is 0 Å². The minimum absolute atomic E-state index is 0.0916. The number of carbonyl (C=O) groups excluding carboxylic acids is 1. The Morgan fingerprint density at radius 3 is 2.94 bits per heavy atom. The molecule has 0 fully saturated rings. The van der Waals surface area contributed by atoms with Crippen molar-refractivity contribution in [3.8, 4) is 5.75 Å². The summed E-state index contributed by atoms with van der Waals surface area (Å²) in [6.45, 7) is 2.18. The number of hydrogen-bond donors (Lipinski definition) is 0. The smallest absolute Gasteiger partial charge is 0.170 e. The van der Waals surface area contributed by atoms with Crippen molar-refractivity contribution in [1.82, 2.24) is 0 Å². The fourth-order valence-corrected chi connectivity index (χ4v) is 2.12. The second kappa shape index (κ2) is 5.15. The predicted octanol–water partition coefficient (Wildman–Crippen LogP) is 3.60. The molecule has 0 amide bonds. The fourth-order valence-electron chi connectivity index (χ4n) is 2.12. The third kappa shape index (κ3) is 2.43. The molecule has 1 atom stereocenters. The fraction of sp³-hybridized carbons (Fsp3) is 0.500. The van der Waals surface area contributed by atoms with E-state index in [4.69, 9.17) is 4.74 Å². The summed E-state index contributed by atoms with van der Waals surface area (Å²) in [4.78, 5) is 11.8. The molecule has 86 valence electrons. The van der Waals surface area contributed by atoms with Crippen molar-refractivity contribution in [1.29, 1.82) is 0 Å². The van der Waals surface area contributed by atoms with Gasteiger partial charge in [-0.2, -0.15) is 0 Å². The van der Waals surface area contributed by atoms with Gasteiger partial charge in [-0.05, 0) is 25.0 Å². The molecule has 0 aliphatic carbocycles. The molecule has 0 saturated heterocycles. The third-order valence-corrected chi connectivity index (χ3v) is 3.02. The summed E-state index contributed by atoms with van der Waals surface area (Å²) in [5.74, 6) is 0.989. The van der Waals surface area contributed by atoms with Crippen molar-refractivity contribution >= 4 is 5.78 Å². The first-order valence-electron chi connectivity index (χ1n) is 6.10. The van der Waals surface area contributed by atoms with Crippen LogP contribution < -0.4 is 4.74 Å². The molecule has 2 nitrogen and oxygen atoms in total. The van der Waals surface area contributed by atoms with Crippen molar-refractivity contribution in [3.63, 3.8) is 0 Å². The molecular formula is C14H18O2. The van der Waals surface area contributed by atoms with Crippen LogP contribution in [-0.4, -0.2) is 11.9 Å². The number of unbranched alkanes of at least 4 members (excludes halogenated alkanes) is 2. The van der Waals surface area contributed by atoms with E-state index in [0.717, 1.165) is 24.2 Å². The van der Waals surface area contributed by atoms with Crippen molar-refractivity contribution in [2.24, 2.45) is 0 Å².